The molecule has 0 aliphatic carbocycles. The van der Waals surface area contributed by atoms with E-state index in [-0.39, 0.29) is 18.2 Å². The summed E-state index contributed by atoms with van der Waals surface area (Å²) in [5.74, 6) is -0.737. The number of piperidine rings is 1. The fraction of sp³-hybridized carbons (Fsp3) is 0.409. The molecule has 5 nitrogen and oxygen atoms in total. The summed E-state index contributed by atoms with van der Waals surface area (Å²) in [6.07, 6.45) is 1.28. The van der Waals surface area contributed by atoms with Gasteiger partial charge in [-0.2, -0.15) is 0 Å². The molecule has 1 aliphatic heterocycles. The normalized spacial score (nSPS) is 18.0. The molecule has 1 heterocycles. The average molecular weight is 419 g/mol. The Morgan fingerprint density at radius 2 is 1.79 bits per heavy atom. The van der Waals surface area contributed by atoms with E-state index in [4.69, 9.17) is 0 Å². The van der Waals surface area contributed by atoms with Crippen molar-refractivity contribution in [2.75, 3.05) is 18.4 Å². The van der Waals surface area contributed by atoms with Crippen LogP contribution in [-0.2, 0) is 20.6 Å². The van der Waals surface area contributed by atoms with Crippen LogP contribution in [0.3, 0.4) is 0 Å². The Hall–Kier alpha value is -2.25. The molecule has 0 spiro atoms. The Morgan fingerprint density at radius 3 is 2.41 bits per heavy atom. The summed E-state index contributed by atoms with van der Waals surface area (Å²) in [7, 11) is -3.57. The van der Waals surface area contributed by atoms with Gasteiger partial charge in [-0.25, -0.2) is 17.1 Å². The maximum atomic E-state index is 13.1. The molecule has 7 heteroatoms. The number of benzene rings is 2. The Bertz CT molecular complexity index is 941. The predicted octanol–water partition coefficient (Wildman–Crippen LogP) is 4.13. The number of anilines is 1. The van der Waals surface area contributed by atoms with E-state index in [1.165, 1.54) is 34.1 Å². The lowest BCUT2D eigenvalue weighted by Crippen LogP contribution is -2.44. The first kappa shape index (κ1) is 21.5. The van der Waals surface area contributed by atoms with Crippen molar-refractivity contribution in [1.29, 1.82) is 0 Å². The number of hydrogen-bond donors (Lipinski definition) is 1. The summed E-state index contributed by atoms with van der Waals surface area (Å²) < 4.78 is 40.0. The van der Waals surface area contributed by atoms with Crippen molar-refractivity contribution in [3.63, 3.8) is 0 Å². The second-order valence-corrected chi connectivity index (χ2v) is 9.81. The van der Waals surface area contributed by atoms with Crippen molar-refractivity contribution in [1.82, 2.24) is 4.31 Å². The molecule has 2 aromatic rings. The van der Waals surface area contributed by atoms with Gasteiger partial charge in [0, 0.05) is 18.8 Å². The van der Waals surface area contributed by atoms with E-state index in [0.717, 1.165) is 0 Å². The zero-order valence-corrected chi connectivity index (χ0v) is 17.6. The molecule has 0 aromatic heterocycles. The van der Waals surface area contributed by atoms with Crippen LogP contribution in [0.2, 0.25) is 0 Å². The van der Waals surface area contributed by atoms with E-state index in [1.807, 2.05) is 24.3 Å². The minimum absolute atomic E-state index is 0.163. The second-order valence-electron chi connectivity index (χ2n) is 7.85. The fourth-order valence-corrected chi connectivity index (χ4v) is 5.10. The third-order valence-electron chi connectivity index (χ3n) is 5.26. The monoisotopic (exact) mass is 418 g/mol. The highest BCUT2D eigenvalue weighted by Gasteiger charge is 2.32. The average Bonchev–Trinajstić information content (AvgIpc) is 2.70. The lowest BCUT2D eigenvalue weighted by molar-refractivity contribution is -0.120. The van der Waals surface area contributed by atoms with E-state index < -0.39 is 21.8 Å². The molecule has 0 bridgehead atoms. The molecule has 1 N–H and O–H groups in total. The summed E-state index contributed by atoms with van der Waals surface area (Å²) in [5.41, 5.74) is 2.44. The van der Waals surface area contributed by atoms with Crippen molar-refractivity contribution >= 4 is 21.6 Å². The SMILES string of the molecule is CC(C)c1ccc(NC(=O)[C@H]2CCCN(S(=O)(=O)Cc3ccc(F)cc3)C2)cc1. The van der Waals surface area contributed by atoms with Gasteiger partial charge in [0.1, 0.15) is 5.82 Å². The standard InChI is InChI=1S/C22H27FN2O3S/c1-16(2)18-7-11-21(12-8-18)24-22(26)19-4-3-13-25(14-19)29(27,28)15-17-5-9-20(23)10-6-17/h5-12,16,19H,3-4,13-15H2,1-2H3,(H,24,26)/t19-/m0/s1. The smallest absolute Gasteiger partial charge is 0.228 e. The summed E-state index contributed by atoms with van der Waals surface area (Å²) in [6.45, 7) is 4.78. The Balaban J connectivity index is 1.63. The van der Waals surface area contributed by atoms with Crippen molar-refractivity contribution in [3.05, 3.63) is 65.5 Å². The van der Waals surface area contributed by atoms with Gasteiger partial charge in [-0.05, 0) is 54.2 Å². The Morgan fingerprint density at radius 1 is 1.14 bits per heavy atom. The van der Waals surface area contributed by atoms with E-state index >= 15 is 0 Å². The molecule has 1 fully saturated rings. The van der Waals surface area contributed by atoms with Crippen molar-refractivity contribution < 1.29 is 17.6 Å². The van der Waals surface area contributed by atoms with E-state index in [0.29, 0.717) is 36.6 Å². The first-order valence-corrected chi connectivity index (χ1v) is 11.5. The van der Waals surface area contributed by atoms with Gasteiger partial charge in [0.15, 0.2) is 0 Å². The predicted molar refractivity (Wildman–Crippen MR) is 112 cm³/mol. The van der Waals surface area contributed by atoms with Crippen LogP contribution in [0.25, 0.3) is 0 Å². The van der Waals surface area contributed by atoms with E-state index in [2.05, 4.69) is 19.2 Å². The zero-order valence-electron chi connectivity index (χ0n) is 16.8. The number of nitrogens with one attached hydrogen (secondary N) is 1. The number of hydrogen-bond acceptors (Lipinski definition) is 3. The summed E-state index contributed by atoms with van der Waals surface area (Å²) >= 11 is 0. The topological polar surface area (TPSA) is 66.5 Å². The molecule has 0 radical (unpaired) electrons. The molecule has 2 aromatic carbocycles. The van der Waals surface area contributed by atoms with Crippen molar-refractivity contribution in [2.24, 2.45) is 5.92 Å². The van der Waals surface area contributed by atoms with Crippen LogP contribution in [0.15, 0.2) is 48.5 Å². The van der Waals surface area contributed by atoms with Crippen LogP contribution < -0.4 is 5.32 Å². The molecule has 1 amide bonds. The minimum atomic E-state index is -3.57. The number of amides is 1. The number of rotatable bonds is 6. The number of nitrogens with zero attached hydrogens (tertiary/aromatic N) is 1. The van der Waals surface area contributed by atoms with Crippen molar-refractivity contribution in [3.8, 4) is 0 Å². The summed E-state index contributed by atoms with van der Waals surface area (Å²) in [4.78, 5) is 12.7. The van der Waals surface area contributed by atoms with Crippen LogP contribution in [-0.4, -0.2) is 31.7 Å². The second kappa shape index (κ2) is 9.05. The summed E-state index contributed by atoms with van der Waals surface area (Å²) in [6, 6.07) is 13.2. The van der Waals surface area contributed by atoms with Gasteiger partial charge in [-0.3, -0.25) is 4.79 Å². The number of halogens is 1. The van der Waals surface area contributed by atoms with Crippen LogP contribution in [0.1, 0.15) is 43.7 Å². The number of carbonyl (C=O) groups excluding carboxylic acids is 1. The minimum Gasteiger partial charge on any atom is -0.326 e. The largest absolute Gasteiger partial charge is 0.326 e. The molecule has 156 valence electrons. The van der Waals surface area contributed by atoms with E-state index in [9.17, 15) is 17.6 Å². The Labute approximate surface area is 172 Å². The van der Waals surface area contributed by atoms with Gasteiger partial charge in [0.25, 0.3) is 0 Å². The quantitative estimate of drug-likeness (QED) is 0.767. The highest BCUT2D eigenvalue weighted by atomic mass is 32.2. The van der Waals surface area contributed by atoms with Gasteiger partial charge >= 0.3 is 0 Å². The molecule has 1 atom stereocenters. The summed E-state index contributed by atoms with van der Waals surface area (Å²) in [5, 5.41) is 2.90. The fourth-order valence-electron chi connectivity index (χ4n) is 3.49. The first-order chi connectivity index (χ1) is 13.7. The lowest BCUT2D eigenvalue weighted by atomic mass is 9.98. The third-order valence-corrected chi connectivity index (χ3v) is 7.07. The number of carbonyl (C=O) groups is 1. The van der Waals surface area contributed by atoms with Crippen LogP contribution in [0.5, 0.6) is 0 Å². The molecule has 1 saturated heterocycles. The van der Waals surface area contributed by atoms with Crippen LogP contribution >= 0.6 is 0 Å². The highest BCUT2D eigenvalue weighted by molar-refractivity contribution is 7.88. The molecule has 3 rings (SSSR count). The van der Waals surface area contributed by atoms with Gasteiger partial charge < -0.3 is 5.32 Å². The molecule has 29 heavy (non-hydrogen) atoms. The van der Waals surface area contributed by atoms with Gasteiger partial charge in [0.2, 0.25) is 15.9 Å². The molecule has 1 aliphatic rings. The highest BCUT2D eigenvalue weighted by Crippen LogP contribution is 2.24. The lowest BCUT2D eigenvalue weighted by Gasteiger charge is -2.31. The number of sulfonamides is 1. The Kier molecular flexibility index (Phi) is 6.70. The maximum Gasteiger partial charge on any atom is 0.228 e. The van der Waals surface area contributed by atoms with Gasteiger partial charge in [-0.15, -0.1) is 0 Å². The molecule has 0 unspecified atom stereocenters. The third kappa shape index (κ3) is 5.64. The molecule has 0 saturated carbocycles. The van der Waals surface area contributed by atoms with Crippen LogP contribution in [0.4, 0.5) is 10.1 Å². The molecular weight excluding hydrogens is 391 g/mol. The van der Waals surface area contributed by atoms with Crippen molar-refractivity contribution in [2.45, 2.75) is 38.4 Å². The van der Waals surface area contributed by atoms with Crippen LogP contribution in [0, 0.1) is 11.7 Å². The zero-order chi connectivity index (χ0) is 21.0. The first-order valence-electron chi connectivity index (χ1n) is 9.87. The maximum absolute atomic E-state index is 13.1. The van der Waals surface area contributed by atoms with E-state index in [1.54, 1.807) is 0 Å². The van der Waals surface area contributed by atoms with Gasteiger partial charge in [0.05, 0.1) is 11.7 Å². The van der Waals surface area contributed by atoms with Gasteiger partial charge in [-0.1, -0.05) is 38.1 Å². The molecular formula is C22H27FN2O3S.